The molecule has 0 aromatic carbocycles. The van der Waals surface area contributed by atoms with Crippen LogP contribution in [0.25, 0.3) is 0 Å². The third-order valence-electron chi connectivity index (χ3n) is 4.74. The molecule has 0 amide bonds. The maximum Gasteiger partial charge on any atom is 0.257 e. The van der Waals surface area contributed by atoms with Crippen molar-refractivity contribution < 1.29 is 4.74 Å². The summed E-state index contributed by atoms with van der Waals surface area (Å²) in [5, 5.41) is 4.10. The van der Waals surface area contributed by atoms with Crippen molar-refractivity contribution in [1.82, 2.24) is 5.32 Å². The topological polar surface area (TPSA) is 21.3 Å². The predicted molar refractivity (Wildman–Crippen MR) is 72.8 cm³/mol. The van der Waals surface area contributed by atoms with Gasteiger partial charge in [-0.15, -0.1) is 0 Å². The average molecular weight is 251 g/mol. The predicted octanol–water partition coefficient (Wildman–Crippen LogP) is 3.03. The van der Waals surface area contributed by atoms with Crippen LogP contribution in [0.1, 0.15) is 38.5 Å². The fraction of sp³-hybridized carbons (Fsp3) is 0.786. The lowest BCUT2D eigenvalue weighted by Gasteiger charge is -2.57. The van der Waals surface area contributed by atoms with Crippen LogP contribution in [0.3, 0.4) is 0 Å². The maximum absolute atomic E-state index is 5.43. The maximum atomic E-state index is 5.43. The monoisotopic (exact) mass is 251 g/mol. The van der Waals surface area contributed by atoms with Crippen molar-refractivity contribution in [2.75, 3.05) is 6.61 Å². The van der Waals surface area contributed by atoms with Crippen molar-refractivity contribution in [1.29, 1.82) is 0 Å². The number of thiocarbonyl (C=S) groups is 1. The molecule has 0 aromatic rings. The minimum Gasteiger partial charge on any atom is -0.467 e. The van der Waals surface area contributed by atoms with Crippen LogP contribution in [-0.2, 0) is 4.74 Å². The van der Waals surface area contributed by atoms with Crippen LogP contribution < -0.4 is 5.32 Å². The second-order valence-corrected chi connectivity index (χ2v) is 6.58. The lowest BCUT2D eigenvalue weighted by molar-refractivity contribution is -0.0124. The van der Waals surface area contributed by atoms with Gasteiger partial charge >= 0.3 is 0 Å². The lowest BCUT2D eigenvalue weighted by atomic mass is 9.53. The van der Waals surface area contributed by atoms with E-state index in [-0.39, 0.29) is 5.54 Å². The molecule has 0 radical (unpaired) electrons. The summed E-state index contributed by atoms with van der Waals surface area (Å²) in [6.07, 6.45) is 10.0. The molecule has 0 heterocycles. The lowest BCUT2D eigenvalue weighted by Crippen LogP contribution is -2.59. The molecule has 4 aliphatic rings. The van der Waals surface area contributed by atoms with Gasteiger partial charge in [-0.3, -0.25) is 0 Å². The summed E-state index contributed by atoms with van der Waals surface area (Å²) in [6.45, 7) is 4.16. The highest BCUT2D eigenvalue weighted by atomic mass is 32.1. The van der Waals surface area contributed by atoms with Crippen molar-refractivity contribution in [3.05, 3.63) is 12.7 Å². The quantitative estimate of drug-likeness (QED) is 0.615. The molecule has 0 atom stereocenters. The Kier molecular flexibility index (Phi) is 2.89. The van der Waals surface area contributed by atoms with E-state index in [0.717, 1.165) is 17.8 Å². The SMILES string of the molecule is C=CCOC(=S)NC12CC3CC(CC(C3)C1)C2. The van der Waals surface area contributed by atoms with Gasteiger partial charge in [0.05, 0.1) is 0 Å². The van der Waals surface area contributed by atoms with Crippen LogP contribution in [-0.4, -0.2) is 17.3 Å². The van der Waals surface area contributed by atoms with Crippen molar-refractivity contribution >= 4 is 17.4 Å². The van der Waals surface area contributed by atoms with E-state index in [2.05, 4.69) is 11.9 Å². The fourth-order valence-corrected chi connectivity index (χ4v) is 4.94. The normalized spacial score (nSPS) is 42.2. The molecule has 1 N–H and O–H groups in total. The molecule has 0 spiro atoms. The Hall–Kier alpha value is -0.570. The number of ether oxygens (including phenoxy) is 1. The molecular formula is C14H21NOS. The van der Waals surface area contributed by atoms with Crippen LogP contribution in [0, 0.1) is 17.8 Å². The molecule has 0 unspecified atom stereocenters. The summed E-state index contributed by atoms with van der Waals surface area (Å²) in [6, 6.07) is 0. The summed E-state index contributed by atoms with van der Waals surface area (Å²) in [5.74, 6) is 2.82. The summed E-state index contributed by atoms with van der Waals surface area (Å²) in [4.78, 5) is 0. The van der Waals surface area contributed by atoms with Gasteiger partial charge in [-0.1, -0.05) is 12.7 Å². The van der Waals surface area contributed by atoms with E-state index >= 15 is 0 Å². The first-order valence-electron chi connectivity index (χ1n) is 6.75. The zero-order valence-corrected chi connectivity index (χ0v) is 11.1. The average Bonchev–Trinajstić information content (AvgIpc) is 2.23. The van der Waals surface area contributed by atoms with Crippen LogP contribution in [0.5, 0.6) is 0 Å². The van der Waals surface area contributed by atoms with Crippen LogP contribution in [0.4, 0.5) is 0 Å². The molecule has 4 rings (SSSR count). The number of hydrogen-bond donors (Lipinski definition) is 1. The number of hydrogen-bond acceptors (Lipinski definition) is 2. The largest absolute Gasteiger partial charge is 0.467 e. The Morgan fingerprint density at radius 3 is 2.24 bits per heavy atom. The summed E-state index contributed by atoms with van der Waals surface area (Å²) in [7, 11) is 0. The Morgan fingerprint density at radius 1 is 1.24 bits per heavy atom. The summed E-state index contributed by atoms with van der Waals surface area (Å²) in [5.41, 5.74) is 0.271. The van der Waals surface area contributed by atoms with E-state index in [0.29, 0.717) is 11.8 Å². The molecule has 0 aromatic heterocycles. The smallest absolute Gasteiger partial charge is 0.257 e. The van der Waals surface area contributed by atoms with Crippen LogP contribution in [0.15, 0.2) is 12.7 Å². The van der Waals surface area contributed by atoms with Gasteiger partial charge in [-0.2, -0.15) is 0 Å². The highest BCUT2D eigenvalue weighted by Gasteiger charge is 2.51. The van der Waals surface area contributed by atoms with Gasteiger partial charge in [-0.25, -0.2) is 0 Å². The first-order chi connectivity index (χ1) is 8.19. The first-order valence-corrected chi connectivity index (χ1v) is 7.16. The Labute approximate surface area is 109 Å². The van der Waals surface area contributed by atoms with Gasteiger partial charge in [0, 0.05) is 5.54 Å². The molecule has 4 bridgehead atoms. The van der Waals surface area contributed by atoms with Crippen molar-refractivity contribution in [2.24, 2.45) is 17.8 Å². The third kappa shape index (κ3) is 2.22. The number of rotatable bonds is 3. The van der Waals surface area contributed by atoms with Crippen LogP contribution in [0.2, 0.25) is 0 Å². The van der Waals surface area contributed by atoms with E-state index in [9.17, 15) is 0 Å². The summed E-state index contributed by atoms with van der Waals surface area (Å²) >= 11 is 5.27. The van der Waals surface area contributed by atoms with Gasteiger partial charge in [0.1, 0.15) is 6.61 Å². The Balaban J connectivity index is 1.65. The van der Waals surface area contributed by atoms with Crippen LogP contribution >= 0.6 is 12.2 Å². The van der Waals surface area contributed by atoms with E-state index in [4.69, 9.17) is 17.0 Å². The Morgan fingerprint density at radius 2 is 1.76 bits per heavy atom. The highest BCUT2D eigenvalue weighted by molar-refractivity contribution is 7.80. The van der Waals surface area contributed by atoms with Crippen molar-refractivity contribution in [2.45, 2.75) is 44.1 Å². The van der Waals surface area contributed by atoms with E-state index in [1.54, 1.807) is 6.08 Å². The molecule has 4 aliphatic carbocycles. The highest BCUT2D eigenvalue weighted by Crippen LogP contribution is 2.55. The van der Waals surface area contributed by atoms with Gasteiger partial charge in [0.2, 0.25) is 0 Å². The fourth-order valence-electron chi connectivity index (χ4n) is 4.65. The van der Waals surface area contributed by atoms with Gasteiger partial charge in [0.15, 0.2) is 0 Å². The van der Waals surface area contributed by atoms with E-state index < -0.39 is 0 Å². The molecule has 4 saturated carbocycles. The Bertz CT molecular complexity index is 304. The van der Waals surface area contributed by atoms with E-state index in [1.165, 1.54) is 38.5 Å². The zero-order chi connectivity index (χ0) is 11.9. The molecule has 94 valence electrons. The minimum absolute atomic E-state index is 0.271. The minimum atomic E-state index is 0.271. The second kappa shape index (κ2) is 4.27. The molecule has 0 saturated heterocycles. The molecular weight excluding hydrogens is 230 g/mol. The molecule has 3 heteroatoms. The standard InChI is InChI=1S/C14H21NOS/c1-2-3-16-13(17)15-14-7-10-4-11(8-14)6-12(5-10)9-14/h2,10-12H,1,3-9H2,(H,15,17). The van der Waals surface area contributed by atoms with Gasteiger partial charge in [-0.05, 0) is 68.5 Å². The van der Waals surface area contributed by atoms with Crippen molar-refractivity contribution in [3.8, 4) is 0 Å². The number of nitrogens with one attached hydrogen (secondary N) is 1. The molecule has 0 aliphatic heterocycles. The van der Waals surface area contributed by atoms with Gasteiger partial charge in [0.25, 0.3) is 5.17 Å². The zero-order valence-electron chi connectivity index (χ0n) is 10.3. The third-order valence-corrected chi connectivity index (χ3v) is 4.96. The second-order valence-electron chi connectivity index (χ2n) is 6.21. The molecule has 4 fully saturated rings. The first kappa shape index (κ1) is 11.5. The molecule has 2 nitrogen and oxygen atoms in total. The van der Waals surface area contributed by atoms with E-state index in [1.807, 2.05) is 0 Å². The van der Waals surface area contributed by atoms with Crippen molar-refractivity contribution in [3.63, 3.8) is 0 Å². The summed E-state index contributed by atoms with van der Waals surface area (Å²) < 4.78 is 5.43. The molecule has 17 heavy (non-hydrogen) atoms. The van der Waals surface area contributed by atoms with Gasteiger partial charge < -0.3 is 10.1 Å².